The number of rotatable bonds is 5. The molecule has 4 aromatic rings. The molecule has 0 amide bonds. The highest BCUT2D eigenvalue weighted by Crippen LogP contribution is 2.22. The van der Waals surface area contributed by atoms with Gasteiger partial charge in [-0.1, -0.05) is 34.1 Å². The number of aryl methyl sites for hydroxylation is 2. The Hall–Kier alpha value is -3.58. The molecule has 0 radical (unpaired) electrons. The Bertz CT molecular complexity index is 1320. The number of hydrogen-bond acceptors (Lipinski definition) is 4. The van der Waals surface area contributed by atoms with Gasteiger partial charge >= 0.3 is 0 Å². The van der Waals surface area contributed by atoms with E-state index in [0.717, 1.165) is 38.5 Å². The molecule has 1 aromatic heterocycles. The number of aromatic nitrogens is 2. The average Bonchev–Trinajstić information content (AvgIpc) is 3.07. The molecule has 4 rings (SSSR count). The summed E-state index contributed by atoms with van der Waals surface area (Å²) in [7, 11) is 0. The predicted molar refractivity (Wildman–Crippen MR) is 128 cm³/mol. The first-order valence-electron chi connectivity index (χ1n) is 9.70. The van der Waals surface area contributed by atoms with Crippen molar-refractivity contribution in [1.82, 2.24) is 9.78 Å². The highest BCUT2D eigenvalue weighted by atomic mass is 79.9. The number of halogens is 1. The van der Waals surface area contributed by atoms with E-state index in [1.54, 1.807) is 6.21 Å². The zero-order valence-electron chi connectivity index (χ0n) is 17.1. The zero-order valence-corrected chi connectivity index (χ0v) is 18.7. The minimum Gasteiger partial charge on any atom is -0.295 e. The van der Waals surface area contributed by atoms with Gasteiger partial charge in [-0.3, -0.25) is 14.9 Å². The molecule has 7 heteroatoms. The van der Waals surface area contributed by atoms with E-state index in [0.29, 0.717) is 5.56 Å². The molecule has 0 bridgehead atoms. The third-order valence-corrected chi connectivity index (χ3v) is 5.64. The van der Waals surface area contributed by atoms with Crippen molar-refractivity contribution in [3.05, 3.63) is 104 Å². The van der Waals surface area contributed by atoms with Gasteiger partial charge in [0.1, 0.15) is 0 Å². The number of aliphatic imine (C=N–C) groups is 1. The third kappa shape index (κ3) is 4.78. The second kappa shape index (κ2) is 9.06. The summed E-state index contributed by atoms with van der Waals surface area (Å²) in [5, 5.41) is 11.6. The van der Waals surface area contributed by atoms with Gasteiger partial charge in [0.25, 0.3) is 5.56 Å². The second-order valence-electron chi connectivity index (χ2n) is 7.03. The fourth-order valence-corrected chi connectivity index (χ4v) is 3.26. The smallest absolute Gasteiger partial charge is 0.280 e. The largest absolute Gasteiger partial charge is 0.295 e. The van der Waals surface area contributed by atoms with Crippen molar-refractivity contribution in [2.75, 3.05) is 0 Å². The van der Waals surface area contributed by atoms with Crippen molar-refractivity contribution < 1.29 is 0 Å². The molecule has 0 unspecified atom stereocenters. The van der Waals surface area contributed by atoms with E-state index in [2.05, 4.69) is 36.2 Å². The van der Waals surface area contributed by atoms with Crippen molar-refractivity contribution >= 4 is 39.2 Å². The molecule has 0 saturated heterocycles. The van der Waals surface area contributed by atoms with Gasteiger partial charge in [-0.2, -0.15) is 10.2 Å². The summed E-state index contributed by atoms with van der Waals surface area (Å²) >= 11 is 3.49. The lowest BCUT2D eigenvalue weighted by Crippen LogP contribution is -2.17. The van der Waals surface area contributed by atoms with Crippen LogP contribution in [0.1, 0.15) is 16.8 Å². The Balaban J connectivity index is 1.53. The van der Waals surface area contributed by atoms with Gasteiger partial charge in [0.2, 0.25) is 0 Å². The van der Waals surface area contributed by atoms with Crippen LogP contribution in [0.25, 0.3) is 5.69 Å². The number of nitrogens with one attached hydrogen (secondary N) is 1. The normalized spacial score (nSPS) is 11.6. The summed E-state index contributed by atoms with van der Waals surface area (Å²) in [6, 6.07) is 22.7. The summed E-state index contributed by atoms with van der Waals surface area (Å²) < 4.78 is 2.53. The van der Waals surface area contributed by atoms with Gasteiger partial charge in [-0.25, -0.2) is 4.68 Å². The van der Waals surface area contributed by atoms with E-state index in [-0.39, 0.29) is 5.56 Å². The van der Waals surface area contributed by atoms with Crippen LogP contribution in [0.4, 0.5) is 17.1 Å². The summed E-state index contributed by atoms with van der Waals surface area (Å²) in [4.78, 5) is 17.3. The Morgan fingerprint density at radius 2 is 1.52 bits per heavy atom. The summed E-state index contributed by atoms with van der Waals surface area (Å²) in [5.41, 5.74) is 5.22. The molecule has 31 heavy (non-hydrogen) atoms. The van der Waals surface area contributed by atoms with E-state index in [1.807, 2.05) is 86.6 Å². The van der Waals surface area contributed by atoms with Crippen LogP contribution >= 0.6 is 15.9 Å². The Morgan fingerprint density at radius 1 is 0.871 bits per heavy atom. The van der Waals surface area contributed by atoms with E-state index < -0.39 is 0 Å². The Labute approximate surface area is 188 Å². The summed E-state index contributed by atoms with van der Waals surface area (Å²) in [6.45, 7) is 3.85. The number of nitrogens with zero attached hydrogens (tertiary/aromatic N) is 4. The average molecular weight is 474 g/mol. The molecule has 6 nitrogen and oxygen atoms in total. The fraction of sp³-hybridized carbons (Fsp3) is 0.0833. The van der Waals surface area contributed by atoms with Crippen LogP contribution in [0.3, 0.4) is 0 Å². The Morgan fingerprint density at radius 3 is 2.19 bits per heavy atom. The molecular formula is C24H20BrN5O. The van der Waals surface area contributed by atoms with Gasteiger partial charge < -0.3 is 0 Å². The van der Waals surface area contributed by atoms with Crippen LogP contribution in [0.5, 0.6) is 0 Å². The van der Waals surface area contributed by atoms with Crippen molar-refractivity contribution in [3.8, 4) is 5.69 Å². The van der Waals surface area contributed by atoms with Gasteiger partial charge in [0, 0.05) is 16.4 Å². The summed E-state index contributed by atoms with van der Waals surface area (Å²) in [5.74, 6) is 0. The van der Waals surface area contributed by atoms with E-state index in [4.69, 9.17) is 0 Å². The molecule has 0 atom stereocenters. The number of H-pyrrole nitrogens is 1. The lowest BCUT2D eigenvalue weighted by atomic mass is 10.2. The standard InChI is InChI=1S/C24H20BrN5O/c1-16-14-21(12-13-23(16)25)30-24(31)22(17(2)29-30)15-26-18-8-10-20(11-9-18)28-27-19-6-4-3-5-7-19/h3-15,29H,1-2H3. The van der Waals surface area contributed by atoms with Crippen LogP contribution < -0.4 is 5.56 Å². The molecule has 0 aliphatic carbocycles. The van der Waals surface area contributed by atoms with Crippen molar-refractivity contribution in [2.24, 2.45) is 15.2 Å². The van der Waals surface area contributed by atoms with Gasteiger partial charge in [0.15, 0.2) is 0 Å². The molecule has 154 valence electrons. The van der Waals surface area contributed by atoms with Crippen molar-refractivity contribution in [2.45, 2.75) is 13.8 Å². The third-order valence-electron chi connectivity index (χ3n) is 4.75. The van der Waals surface area contributed by atoms with Gasteiger partial charge in [-0.05, 0) is 74.0 Å². The van der Waals surface area contributed by atoms with Crippen LogP contribution in [0.2, 0.25) is 0 Å². The maximum atomic E-state index is 12.9. The first-order valence-corrected chi connectivity index (χ1v) is 10.5. The van der Waals surface area contributed by atoms with Crippen molar-refractivity contribution in [1.29, 1.82) is 0 Å². The van der Waals surface area contributed by atoms with Crippen LogP contribution in [-0.2, 0) is 0 Å². The quantitative estimate of drug-likeness (QED) is 0.253. The SMILES string of the molecule is Cc1cc(-n2[nH]c(C)c(C=Nc3ccc(N=Nc4ccccc4)cc3)c2=O)ccc1Br. The van der Waals surface area contributed by atoms with Crippen LogP contribution in [-0.4, -0.2) is 16.0 Å². The molecule has 1 heterocycles. The highest BCUT2D eigenvalue weighted by Gasteiger charge is 2.11. The minimum atomic E-state index is -0.142. The van der Waals surface area contributed by atoms with Crippen LogP contribution in [0.15, 0.2) is 97.3 Å². The van der Waals surface area contributed by atoms with Gasteiger partial charge in [0.05, 0.1) is 28.3 Å². The Kier molecular flexibility index (Phi) is 6.04. The van der Waals surface area contributed by atoms with E-state index in [1.165, 1.54) is 4.68 Å². The molecule has 0 aliphatic rings. The van der Waals surface area contributed by atoms with Crippen LogP contribution in [0, 0.1) is 13.8 Å². The fourth-order valence-electron chi connectivity index (χ4n) is 3.02. The monoisotopic (exact) mass is 473 g/mol. The molecule has 0 saturated carbocycles. The molecule has 0 fully saturated rings. The first-order chi connectivity index (χ1) is 15.0. The predicted octanol–water partition coefficient (Wildman–Crippen LogP) is 6.71. The summed E-state index contributed by atoms with van der Waals surface area (Å²) in [6.07, 6.45) is 1.59. The van der Waals surface area contributed by atoms with Crippen molar-refractivity contribution in [3.63, 3.8) is 0 Å². The molecule has 1 N–H and O–H groups in total. The number of azo groups is 1. The zero-order chi connectivity index (χ0) is 21.8. The van der Waals surface area contributed by atoms with E-state index in [9.17, 15) is 4.79 Å². The maximum absolute atomic E-state index is 12.9. The number of hydrogen-bond donors (Lipinski definition) is 1. The first kappa shape index (κ1) is 20.7. The maximum Gasteiger partial charge on any atom is 0.280 e. The minimum absolute atomic E-state index is 0.142. The van der Waals surface area contributed by atoms with Gasteiger partial charge in [-0.15, -0.1) is 0 Å². The van der Waals surface area contributed by atoms with E-state index >= 15 is 0 Å². The molecule has 0 aliphatic heterocycles. The molecule has 3 aromatic carbocycles. The number of aromatic amines is 1. The molecule has 0 spiro atoms. The lowest BCUT2D eigenvalue weighted by Gasteiger charge is -2.04. The second-order valence-corrected chi connectivity index (χ2v) is 7.89. The number of benzene rings is 3. The highest BCUT2D eigenvalue weighted by molar-refractivity contribution is 9.10. The molecular weight excluding hydrogens is 454 g/mol. The lowest BCUT2D eigenvalue weighted by molar-refractivity contribution is 0.834. The topological polar surface area (TPSA) is 74.9 Å².